The molecule has 73 valence electrons. The fraction of sp³-hybridized carbons (Fsp3) is 0.462. The molecule has 2 aliphatic heterocycles. The fourth-order valence-corrected chi connectivity index (χ4v) is 2.75. The van der Waals surface area contributed by atoms with Crippen molar-refractivity contribution >= 4 is 0 Å². The molecule has 1 aromatic carbocycles. The summed E-state index contributed by atoms with van der Waals surface area (Å²) in [6.45, 7) is 2.54. The zero-order valence-electron chi connectivity index (χ0n) is 8.45. The number of benzene rings is 1. The Morgan fingerprint density at radius 3 is 3.07 bits per heavy atom. The fourth-order valence-electron chi connectivity index (χ4n) is 2.75. The summed E-state index contributed by atoms with van der Waals surface area (Å²) < 4.78 is 0. The van der Waals surface area contributed by atoms with E-state index in [-0.39, 0.29) is 0 Å². The lowest BCUT2D eigenvalue weighted by Crippen LogP contribution is -2.38. The zero-order chi connectivity index (χ0) is 9.38. The number of hydrogen-bond donors (Lipinski definition) is 0. The van der Waals surface area contributed by atoms with Gasteiger partial charge in [-0.15, -0.1) is 0 Å². The summed E-state index contributed by atoms with van der Waals surface area (Å²) >= 11 is 0. The Hall–Kier alpha value is -0.820. The average Bonchev–Trinajstić information content (AvgIpc) is 2.29. The summed E-state index contributed by atoms with van der Waals surface area (Å²) in [7, 11) is 0. The molecule has 1 nitrogen and oxygen atoms in total. The van der Waals surface area contributed by atoms with Gasteiger partial charge in [0.15, 0.2) is 0 Å². The molecule has 1 fully saturated rings. The molecule has 0 saturated carbocycles. The molecule has 14 heavy (non-hydrogen) atoms. The molecule has 0 bridgehead atoms. The molecule has 2 heterocycles. The molecule has 1 heteroatoms. The zero-order valence-corrected chi connectivity index (χ0v) is 8.45. The lowest BCUT2D eigenvalue weighted by Gasteiger charge is -2.40. The third-order valence-electron chi connectivity index (χ3n) is 3.47. The van der Waals surface area contributed by atoms with Crippen LogP contribution in [0.1, 0.15) is 30.0 Å². The van der Waals surface area contributed by atoms with Crippen LogP contribution in [-0.2, 0) is 6.42 Å². The van der Waals surface area contributed by atoms with E-state index in [0.29, 0.717) is 6.04 Å². The largest absolute Gasteiger partial charge is 0.296 e. The van der Waals surface area contributed by atoms with Crippen molar-refractivity contribution in [2.75, 3.05) is 13.1 Å². The van der Waals surface area contributed by atoms with E-state index in [9.17, 15) is 0 Å². The molecule has 0 N–H and O–H groups in total. The summed E-state index contributed by atoms with van der Waals surface area (Å²) in [6.07, 6.45) is 6.36. The monoisotopic (exact) mass is 186 g/mol. The van der Waals surface area contributed by atoms with Crippen molar-refractivity contribution in [2.24, 2.45) is 0 Å². The molecule has 3 rings (SSSR count). The van der Waals surface area contributed by atoms with Gasteiger partial charge in [-0.05, 0) is 43.4 Å². The van der Waals surface area contributed by atoms with E-state index in [2.05, 4.69) is 35.6 Å². The average molecular weight is 186 g/mol. The number of fused-ring (bicyclic) bond motifs is 3. The molecule has 1 aromatic rings. The van der Waals surface area contributed by atoms with Gasteiger partial charge >= 0.3 is 0 Å². The normalized spacial score (nSPS) is 26.7. The molecule has 0 aromatic heterocycles. The molecule has 1 saturated heterocycles. The van der Waals surface area contributed by atoms with Gasteiger partial charge in [-0.3, -0.25) is 4.90 Å². The highest BCUT2D eigenvalue weighted by atomic mass is 15.2. The first-order chi connectivity index (χ1) is 6.95. The van der Waals surface area contributed by atoms with Crippen LogP contribution in [0.4, 0.5) is 0 Å². The van der Waals surface area contributed by atoms with Crippen LogP contribution in [0.3, 0.4) is 0 Å². The topological polar surface area (TPSA) is 3.24 Å². The predicted octanol–water partition coefficient (Wildman–Crippen LogP) is 2.58. The van der Waals surface area contributed by atoms with Gasteiger partial charge in [0.25, 0.3) is 0 Å². The second-order valence-electron chi connectivity index (χ2n) is 4.31. The minimum absolute atomic E-state index is 0.619. The third kappa shape index (κ3) is 1.27. The van der Waals surface area contributed by atoms with Crippen LogP contribution in [0.2, 0.25) is 0 Å². The van der Waals surface area contributed by atoms with Crippen molar-refractivity contribution in [1.29, 1.82) is 0 Å². The molecule has 1 atom stereocenters. The van der Waals surface area contributed by atoms with Gasteiger partial charge in [-0.2, -0.15) is 0 Å². The lowest BCUT2D eigenvalue weighted by molar-refractivity contribution is 0.177. The summed E-state index contributed by atoms with van der Waals surface area (Å²) in [5.41, 5.74) is 3.12. The Bertz CT molecular complexity index is 332. The van der Waals surface area contributed by atoms with Crippen molar-refractivity contribution in [3.8, 4) is 0 Å². The first kappa shape index (κ1) is 8.49. The molecule has 1 radical (unpaired) electrons. The van der Waals surface area contributed by atoms with E-state index in [1.54, 1.807) is 11.1 Å². The van der Waals surface area contributed by atoms with Crippen molar-refractivity contribution in [2.45, 2.75) is 25.3 Å². The van der Waals surface area contributed by atoms with E-state index in [1.165, 1.54) is 32.4 Å². The van der Waals surface area contributed by atoms with E-state index in [4.69, 9.17) is 0 Å². The molecule has 0 spiro atoms. The van der Waals surface area contributed by atoms with Crippen LogP contribution < -0.4 is 0 Å². The highest BCUT2D eigenvalue weighted by molar-refractivity contribution is 5.34. The van der Waals surface area contributed by atoms with E-state index < -0.39 is 0 Å². The Morgan fingerprint density at radius 2 is 2.07 bits per heavy atom. The van der Waals surface area contributed by atoms with Crippen LogP contribution in [0.25, 0.3) is 0 Å². The minimum Gasteiger partial charge on any atom is -0.296 e. The second-order valence-corrected chi connectivity index (χ2v) is 4.31. The maximum atomic E-state index is 2.62. The summed E-state index contributed by atoms with van der Waals surface area (Å²) in [5.74, 6) is 0. The molecule has 2 aliphatic rings. The Kier molecular flexibility index (Phi) is 2.06. The molecule has 1 unspecified atom stereocenters. The summed E-state index contributed by atoms with van der Waals surface area (Å²) in [5, 5.41) is 0. The minimum atomic E-state index is 0.619. The van der Waals surface area contributed by atoms with Gasteiger partial charge in [-0.25, -0.2) is 0 Å². The second kappa shape index (κ2) is 3.39. The first-order valence-corrected chi connectivity index (χ1v) is 5.60. The molecular weight excluding hydrogens is 170 g/mol. The molecule has 0 aliphatic carbocycles. The molecular formula is C13H16N. The highest BCUT2D eigenvalue weighted by Crippen LogP contribution is 2.35. The molecule has 0 amide bonds. The van der Waals surface area contributed by atoms with E-state index >= 15 is 0 Å². The van der Waals surface area contributed by atoms with Crippen molar-refractivity contribution in [3.63, 3.8) is 0 Å². The smallest absolute Gasteiger partial charge is 0.0382 e. The van der Waals surface area contributed by atoms with Crippen LogP contribution in [0.15, 0.2) is 24.3 Å². The van der Waals surface area contributed by atoms with Gasteiger partial charge < -0.3 is 0 Å². The van der Waals surface area contributed by atoms with Crippen LogP contribution in [-0.4, -0.2) is 18.0 Å². The van der Waals surface area contributed by atoms with E-state index in [1.807, 2.05) is 0 Å². The van der Waals surface area contributed by atoms with Crippen molar-refractivity contribution in [1.82, 2.24) is 4.90 Å². The maximum absolute atomic E-state index is 2.62. The van der Waals surface area contributed by atoms with E-state index in [0.717, 1.165) is 0 Å². The van der Waals surface area contributed by atoms with Gasteiger partial charge in [0, 0.05) is 12.6 Å². The van der Waals surface area contributed by atoms with Gasteiger partial charge in [-0.1, -0.05) is 24.3 Å². The highest BCUT2D eigenvalue weighted by Gasteiger charge is 2.28. The summed E-state index contributed by atoms with van der Waals surface area (Å²) in [4.78, 5) is 2.62. The standard InChI is InChI=1S/C13H16N/c1-2-6-12-11(5-1)8-10-14-9-4-3-7-13(12)14/h1-2,5-7,13H,3-4,8-10H2. The summed E-state index contributed by atoms with van der Waals surface area (Å²) in [6, 6.07) is 9.54. The third-order valence-corrected chi connectivity index (χ3v) is 3.47. The van der Waals surface area contributed by atoms with Crippen LogP contribution in [0, 0.1) is 6.42 Å². The maximum Gasteiger partial charge on any atom is 0.0382 e. The van der Waals surface area contributed by atoms with Gasteiger partial charge in [0.05, 0.1) is 0 Å². The Morgan fingerprint density at radius 1 is 1.14 bits per heavy atom. The number of rotatable bonds is 0. The van der Waals surface area contributed by atoms with Crippen molar-refractivity contribution in [3.05, 3.63) is 41.8 Å². The number of nitrogens with zero attached hydrogens (tertiary/aromatic N) is 1. The van der Waals surface area contributed by atoms with Gasteiger partial charge in [0.1, 0.15) is 0 Å². The quantitative estimate of drug-likeness (QED) is 0.602. The number of hydrogen-bond acceptors (Lipinski definition) is 1. The lowest BCUT2D eigenvalue weighted by atomic mass is 9.87. The van der Waals surface area contributed by atoms with Crippen LogP contribution in [0.5, 0.6) is 0 Å². The SMILES string of the molecule is [CH]1CCCN2CCc3ccccc3C12. The first-order valence-electron chi connectivity index (χ1n) is 5.60. The van der Waals surface area contributed by atoms with Crippen LogP contribution >= 0.6 is 0 Å². The number of piperidine rings is 1. The van der Waals surface area contributed by atoms with Gasteiger partial charge in [0.2, 0.25) is 0 Å². The Balaban J connectivity index is 1.99. The van der Waals surface area contributed by atoms with Crippen molar-refractivity contribution < 1.29 is 0 Å². The Labute approximate surface area is 85.7 Å². The predicted molar refractivity (Wildman–Crippen MR) is 58.0 cm³/mol.